The molecule has 1 N–H and O–H groups in total. The van der Waals surface area contributed by atoms with Gasteiger partial charge >= 0.3 is 0 Å². The molecule has 0 aromatic heterocycles. The molecule has 1 aliphatic heterocycles. The molecule has 2 fully saturated rings. The van der Waals surface area contributed by atoms with E-state index in [-0.39, 0.29) is 24.4 Å². The minimum Gasteiger partial charge on any atom is -0.382 e. The molecule has 0 aromatic carbocycles. The van der Waals surface area contributed by atoms with Crippen molar-refractivity contribution in [2.24, 2.45) is 5.92 Å². The van der Waals surface area contributed by atoms with Gasteiger partial charge in [0.05, 0.1) is 26.4 Å². The average Bonchev–Trinajstić information content (AvgIpc) is 2.51. The number of nitrogens with zero attached hydrogens (tertiary/aromatic N) is 1. The van der Waals surface area contributed by atoms with Gasteiger partial charge < -0.3 is 19.7 Å². The van der Waals surface area contributed by atoms with E-state index < -0.39 is 0 Å². The van der Waals surface area contributed by atoms with Crippen LogP contribution in [0.15, 0.2) is 0 Å². The Morgan fingerprint density at radius 3 is 2.62 bits per heavy atom. The van der Waals surface area contributed by atoms with E-state index in [1.54, 1.807) is 12.0 Å². The molecule has 1 unspecified atom stereocenters. The van der Waals surface area contributed by atoms with E-state index in [1.807, 2.05) is 0 Å². The molecule has 6 nitrogen and oxygen atoms in total. The molecular formula is C15H26N2O4. The molecule has 1 aliphatic carbocycles. The summed E-state index contributed by atoms with van der Waals surface area (Å²) in [7, 11) is 1.63. The molecule has 21 heavy (non-hydrogen) atoms. The van der Waals surface area contributed by atoms with Crippen LogP contribution in [0.3, 0.4) is 0 Å². The van der Waals surface area contributed by atoms with Gasteiger partial charge in [0.25, 0.3) is 0 Å². The number of piperazine rings is 1. The number of ether oxygens (including phenoxy) is 2. The van der Waals surface area contributed by atoms with E-state index in [0.717, 1.165) is 25.7 Å². The molecule has 1 saturated carbocycles. The first kappa shape index (κ1) is 16.2. The number of amides is 2. The molecule has 1 heterocycles. The second kappa shape index (κ2) is 8.34. The van der Waals surface area contributed by atoms with Gasteiger partial charge in [0.2, 0.25) is 11.8 Å². The third kappa shape index (κ3) is 4.41. The number of rotatable bonds is 7. The molecule has 2 amide bonds. The van der Waals surface area contributed by atoms with Crippen LogP contribution in [0.1, 0.15) is 32.1 Å². The van der Waals surface area contributed by atoms with Crippen LogP contribution < -0.4 is 5.32 Å². The number of hydrogen-bond acceptors (Lipinski definition) is 4. The van der Waals surface area contributed by atoms with Gasteiger partial charge in [-0.1, -0.05) is 19.3 Å². The molecule has 0 aromatic rings. The normalized spacial score (nSPS) is 24.2. The molecule has 1 atom stereocenters. The van der Waals surface area contributed by atoms with Crippen molar-refractivity contribution in [2.75, 3.05) is 40.0 Å². The van der Waals surface area contributed by atoms with Gasteiger partial charge in [0.1, 0.15) is 6.04 Å². The zero-order valence-electron chi connectivity index (χ0n) is 12.8. The first-order chi connectivity index (χ1) is 10.2. The van der Waals surface area contributed by atoms with E-state index in [4.69, 9.17) is 9.47 Å². The van der Waals surface area contributed by atoms with Gasteiger partial charge in [-0.05, 0) is 18.8 Å². The lowest BCUT2D eigenvalue weighted by molar-refractivity contribution is -0.149. The Bertz CT molecular complexity index is 356. The number of methoxy groups -OCH3 is 1. The fourth-order valence-corrected chi connectivity index (χ4v) is 3.25. The first-order valence-electron chi connectivity index (χ1n) is 7.88. The van der Waals surface area contributed by atoms with Gasteiger partial charge in [-0.15, -0.1) is 0 Å². The molecule has 0 spiro atoms. The zero-order valence-corrected chi connectivity index (χ0v) is 12.8. The standard InChI is InChI=1S/C15H26N2O4/c1-20-9-10-21-8-7-17-13(18)11-16-15(19)14(17)12-5-3-2-4-6-12/h12,14H,2-11H2,1H3,(H,16,19). The summed E-state index contributed by atoms with van der Waals surface area (Å²) in [5.41, 5.74) is 0. The summed E-state index contributed by atoms with van der Waals surface area (Å²) < 4.78 is 10.4. The Morgan fingerprint density at radius 1 is 1.14 bits per heavy atom. The third-order valence-corrected chi connectivity index (χ3v) is 4.34. The quantitative estimate of drug-likeness (QED) is 0.697. The first-order valence-corrected chi connectivity index (χ1v) is 7.88. The highest BCUT2D eigenvalue weighted by Crippen LogP contribution is 2.30. The van der Waals surface area contributed by atoms with Crippen LogP contribution in [-0.2, 0) is 19.1 Å². The van der Waals surface area contributed by atoms with Gasteiger partial charge in [-0.3, -0.25) is 9.59 Å². The molecule has 0 bridgehead atoms. The lowest BCUT2D eigenvalue weighted by atomic mass is 9.82. The maximum atomic E-state index is 12.2. The van der Waals surface area contributed by atoms with Crippen molar-refractivity contribution in [3.05, 3.63) is 0 Å². The summed E-state index contributed by atoms with van der Waals surface area (Å²) in [6.07, 6.45) is 5.61. The lowest BCUT2D eigenvalue weighted by Crippen LogP contribution is -2.61. The molecule has 1 saturated heterocycles. The van der Waals surface area contributed by atoms with Gasteiger partial charge in [-0.2, -0.15) is 0 Å². The minimum atomic E-state index is -0.308. The highest BCUT2D eigenvalue weighted by Gasteiger charge is 2.39. The minimum absolute atomic E-state index is 0.000477. The van der Waals surface area contributed by atoms with Crippen LogP contribution in [0.5, 0.6) is 0 Å². The third-order valence-electron chi connectivity index (χ3n) is 4.34. The topological polar surface area (TPSA) is 67.9 Å². The average molecular weight is 298 g/mol. The zero-order chi connectivity index (χ0) is 15.1. The summed E-state index contributed by atoms with van der Waals surface area (Å²) in [4.78, 5) is 26.1. The Hall–Kier alpha value is -1.14. The lowest BCUT2D eigenvalue weighted by Gasteiger charge is -2.40. The summed E-state index contributed by atoms with van der Waals surface area (Å²) >= 11 is 0. The van der Waals surface area contributed by atoms with Crippen LogP contribution in [-0.4, -0.2) is 62.8 Å². The number of nitrogens with one attached hydrogen (secondary N) is 1. The Morgan fingerprint density at radius 2 is 1.90 bits per heavy atom. The largest absolute Gasteiger partial charge is 0.382 e. The summed E-state index contributed by atoms with van der Waals surface area (Å²) in [6.45, 7) is 2.10. The van der Waals surface area contributed by atoms with E-state index in [0.29, 0.717) is 32.3 Å². The highest BCUT2D eigenvalue weighted by molar-refractivity contribution is 5.95. The Kier molecular flexibility index (Phi) is 6.45. The van der Waals surface area contributed by atoms with Crippen LogP contribution in [0.4, 0.5) is 0 Å². The molecule has 2 rings (SSSR count). The maximum absolute atomic E-state index is 12.2. The van der Waals surface area contributed by atoms with Crippen molar-refractivity contribution >= 4 is 11.8 Å². The molecule has 2 aliphatic rings. The fourth-order valence-electron chi connectivity index (χ4n) is 3.25. The Balaban J connectivity index is 1.91. The maximum Gasteiger partial charge on any atom is 0.243 e. The van der Waals surface area contributed by atoms with E-state index in [1.165, 1.54) is 6.42 Å². The van der Waals surface area contributed by atoms with Crippen molar-refractivity contribution in [3.63, 3.8) is 0 Å². The smallest absolute Gasteiger partial charge is 0.243 e. The summed E-state index contributed by atoms with van der Waals surface area (Å²) in [5.74, 6) is 0.292. The molecule has 120 valence electrons. The second-order valence-corrected chi connectivity index (χ2v) is 5.75. The second-order valence-electron chi connectivity index (χ2n) is 5.75. The molecular weight excluding hydrogens is 272 g/mol. The SMILES string of the molecule is COCCOCCN1C(=O)CNC(=O)C1C1CCCCC1. The number of carbonyl (C=O) groups excluding carboxylic acids is 2. The fraction of sp³-hybridized carbons (Fsp3) is 0.867. The van der Waals surface area contributed by atoms with Crippen molar-refractivity contribution in [1.29, 1.82) is 0 Å². The van der Waals surface area contributed by atoms with Crippen molar-refractivity contribution in [1.82, 2.24) is 10.2 Å². The van der Waals surface area contributed by atoms with Crippen molar-refractivity contribution in [3.8, 4) is 0 Å². The molecule has 6 heteroatoms. The van der Waals surface area contributed by atoms with Gasteiger partial charge in [0.15, 0.2) is 0 Å². The summed E-state index contributed by atoms with van der Waals surface area (Å²) in [6, 6.07) is -0.308. The highest BCUT2D eigenvalue weighted by atomic mass is 16.5. The van der Waals surface area contributed by atoms with Crippen LogP contribution in [0.2, 0.25) is 0 Å². The van der Waals surface area contributed by atoms with Crippen LogP contribution in [0.25, 0.3) is 0 Å². The predicted octanol–water partition coefficient (Wildman–Crippen LogP) is 0.557. The van der Waals surface area contributed by atoms with E-state index >= 15 is 0 Å². The summed E-state index contributed by atoms with van der Waals surface area (Å²) in [5, 5.41) is 2.73. The predicted molar refractivity (Wildman–Crippen MR) is 77.8 cm³/mol. The van der Waals surface area contributed by atoms with Crippen molar-refractivity contribution < 1.29 is 19.1 Å². The molecule has 0 radical (unpaired) electrons. The van der Waals surface area contributed by atoms with Gasteiger partial charge in [0, 0.05) is 13.7 Å². The van der Waals surface area contributed by atoms with Gasteiger partial charge in [-0.25, -0.2) is 0 Å². The monoisotopic (exact) mass is 298 g/mol. The number of carbonyl (C=O) groups is 2. The number of hydrogen-bond donors (Lipinski definition) is 1. The Labute approximate surface area is 126 Å². The van der Waals surface area contributed by atoms with Crippen molar-refractivity contribution in [2.45, 2.75) is 38.1 Å². The van der Waals surface area contributed by atoms with Crippen LogP contribution >= 0.6 is 0 Å². The van der Waals surface area contributed by atoms with E-state index in [9.17, 15) is 9.59 Å². The van der Waals surface area contributed by atoms with Crippen LogP contribution in [0, 0.1) is 5.92 Å². The van der Waals surface area contributed by atoms with E-state index in [2.05, 4.69) is 5.32 Å².